The zero-order valence-electron chi connectivity index (χ0n) is 22.4. The molecule has 0 unspecified atom stereocenters. The Labute approximate surface area is 250 Å². The molecule has 3 heterocycles. The number of nitrogens with one attached hydrogen (secondary N) is 1. The van der Waals surface area contributed by atoms with Crippen molar-refractivity contribution in [1.29, 1.82) is 0 Å². The van der Waals surface area contributed by atoms with Gasteiger partial charge in [0.25, 0.3) is 0 Å². The van der Waals surface area contributed by atoms with Crippen molar-refractivity contribution < 1.29 is 24.5 Å². The number of pyridine rings is 3. The standard InChI is InChI=1S/C33H23ClN4O5/c34-22-8-12-26-21(17-22)18-25(32(39)40)31(37-26)38-28(33(41)42)16-19-6-9-23(10-7-19)43-29-13-11-24-27(36-29)14-15-35-30(24)20-4-2-1-3-5-20/h1-15,17-18,28H,16H2,(H,37,38)(H,39,40)(H,41,42)/t28-/m0/s1. The van der Waals surface area contributed by atoms with Crippen LogP contribution in [0.2, 0.25) is 5.02 Å². The van der Waals surface area contributed by atoms with Crippen molar-refractivity contribution in [3.05, 3.63) is 119 Å². The molecule has 0 amide bonds. The van der Waals surface area contributed by atoms with E-state index in [-0.39, 0.29) is 17.8 Å². The molecule has 0 fully saturated rings. The summed E-state index contributed by atoms with van der Waals surface area (Å²) >= 11 is 6.03. The molecule has 0 bridgehead atoms. The Kier molecular flexibility index (Phi) is 7.55. The van der Waals surface area contributed by atoms with Gasteiger partial charge in [0, 0.05) is 40.0 Å². The topological polar surface area (TPSA) is 135 Å². The molecule has 6 aromatic rings. The first-order valence-electron chi connectivity index (χ1n) is 13.2. The Morgan fingerprint density at radius 2 is 1.65 bits per heavy atom. The van der Waals surface area contributed by atoms with Gasteiger partial charge in [0.15, 0.2) is 0 Å². The fraction of sp³-hybridized carbons (Fsp3) is 0.0606. The Balaban J connectivity index is 1.19. The third kappa shape index (κ3) is 6.07. The number of nitrogens with zero attached hydrogens (tertiary/aromatic N) is 3. The molecular weight excluding hydrogens is 568 g/mol. The third-order valence-corrected chi connectivity index (χ3v) is 7.07. The number of carbonyl (C=O) groups is 2. The van der Waals surface area contributed by atoms with Crippen LogP contribution >= 0.6 is 11.6 Å². The van der Waals surface area contributed by atoms with E-state index in [0.717, 1.165) is 22.2 Å². The first kappa shape index (κ1) is 27.6. The highest BCUT2D eigenvalue weighted by Gasteiger charge is 2.23. The van der Waals surface area contributed by atoms with Crippen LogP contribution in [0.1, 0.15) is 15.9 Å². The molecule has 3 aromatic carbocycles. The maximum atomic E-state index is 12.1. The van der Waals surface area contributed by atoms with Crippen molar-refractivity contribution in [3.63, 3.8) is 0 Å². The molecule has 3 aromatic heterocycles. The molecule has 0 radical (unpaired) electrons. The van der Waals surface area contributed by atoms with Crippen LogP contribution in [0, 0.1) is 0 Å². The van der Waals surface area contributed by atoms with Gasteiger partial charge >= 0.3 is 11.9 Å². The Morgan fingerprint density at radius 1 is 0.860 bits per heavy atom. The summed E-state index contributed by atoms with van der Waals surface area (Å²) in [5, 5.41) is 24.3. The number of aromatic nitrogens is 3. The van der Waals surface area contributed by atoms with Gasteiger partial charge in [-0.2, -0.15) is 0 Å². The van der Waals surface area contributed by atoms with E-state index in [1.54, 1.807) is 54.7 Å². The van der Waals surface area contributed by atoms with E-state index in [0.29, 0.717) is 33.1 Å². The van der Waals surface area contributed by atoms with E-state index in [9.17, 15) is 19.8 Å². The van der Waals surface area contributed by atoms with Crippen LogP contribution < -0.4 is 10.1 Å². The van der Waals surface area contributed by atoms with Gasteiger partial charge in [0.1, 0.15) is 23.2 Å². The average molecular weight is 591 g/mol. The van der Waals surface area contributed by atoms with E-state index in [2.05, 4.69) is 20.3 Å². The number of hydrogen-bond acceptors (Lipinski definition) is 7. The normalized spacial score (nSPS) is 11.7. The predicted octanol–water partition coefficient (Wildman–Crippen LogP) is 7.10. The minimum absolute atomic E-state index is 0.0392. The summed E-state index contributed by atoms with van der Waals surface area (Å²) in [7, 11) is 0. The van der Waals surface area contributed by atoms with Crippen LogP contribution in [-0.2, 0) is 11.2 Å². The lowest BCUT2D eigenvalue weighted by atomic mass is 10.0. The van der Waals surface area contributed by atoms with Gasteiger partial charge in [0.2, 0.25) is 5.88 Å². The quantitative estimate of drug-likeness (QED) is 0.161. The minimum atomic E-state index is -1.24. The molecule has 43 heavy (non-hydrogen) atoms. The number of hydrogen-bond donors (Lipinski definition) is 3. The number of benzene rings is 3. The summed E-state index contributed by atoms with van der Waals surface area (Å²) in [6.07, 6.45) is 1.78. The average Bonchev–Trinajstić information content (AvgIpc) is 3.01. The molecule has 10 heteroatoms. The van der Waals surface area contributed by atoms with Crippen molar-refractivity contribution in [2.75, 3.05) is 5.32 Å². The summed E-state index contributed by atoms with van der Waals surface area (Å²) in [6, 6.07) is 27.5. The second-order valence-corrected chi connectivity index (χ2v) is 10.2. The fourth-order valence-corrected chi connectivity index (χ4v) is 4.93. The molecule has 1 atom stereocenters. The summed E-state index contributed by atoms with van der Waals surface area (Å²) in [6.45, 7) is 0. The molecule has 3 N–H and O–H groups in total. The van der Waals surface area contributed by atoms with Crippen molar-refractivity contribution >= 4 is 51.2 Å². The maximum Gasteiger partial charge on any atom is 0.339 e. The zero-order chi connectivity index (χ0) is 29.9. The highest BCUT2D eigenvalue weighted by Crippen LogP contribution is 2.29. The smallest absolute Gasteiger partial charge is 0.339 e. The number of aromatic carboxylic acids is 1. The fourth-order valence-electron chi connectivity index (χ4n) is 4.75. The minimum Gasteiger partial charge on any atom is -0.480 e. The number of ether oxygens (including phenoxy) is 1. The van der Waals surface area contributed by atoms with Crippen molar-refractivity contribution in [1.82, 2.24) is 15.0 Å². The maximum absolute atomic E-state index is 12.1. The van der Waals surface area contributed by atoms with Gasteiger partial charge in [-0.25, -0.2) is 19.6 Å². The second kappa shape index (κ2) is 11.8. The van der Waals surface area contributed by atoms with Crippen LogP contribution in [0.3, 0.4) is 0 Å². The molecule has 0 spiro atoms. The van der Waals surface area contributed by atoms with Gasteiger partial charge in [-0.3, -0.25) is 4.98 Å². The number of fused-ring (bicyclic) bond motifs is 2. The summed E-state index contributed by atoms with van der Waals surface area (Å²) in [4.78, 5) is 37.6. The Hall–Kier alpha value is -5.54. The summed E-state index contributed by atoms with van der Waals surface area (Å²) < 4.78 is 5.98. The SMILES string of the molecule is O=C(O)c1cc2cc(Cl)ccc2nc1N[C@@H](Cc1ccc(Oc2ccc3c(-c4ccccc4)nccc3n2)cc1)C(=O)O. The highest BCUT2D eigenvalue weighted by atomic mass is 35.5. The molecule has 212 valence electrons. The Bertz CT molecular complexity index is 1980. The third-order valence-electron chi connectivity index (χ3n) is 6.84. The highest BCUT2D eigenvalue weighted by molar-refractivity contribution is 6.31. The molecular formula is C33H23ClN4O5. The van der Waals surface area contributed by atoms with E-state index in [1.165, 1.54) is 6.07 Å². The lowest BCUT2D eigenvalue weighted by Gasteiger charge is -2.17. The van der Waals surface area contributed by atoms with Gasteiger partial charge in [-0.05, 0) is 54.1 Å². The van der Waals surface area contributed by atoms with Gasteiger partial charge in [-0.15, -0.1) is 0 Å². The number of carboxylic acids is 2. The molecule has 0 aliphatic carbocycles. The van der Waals surface area contributed by atoms with Gasteiger partial charge < -0.3 is 20.3 Å². The number of halogens is 1. The molecule has 0 aliphatic heterocycles. The molecule has 0 saturated heterocycles. The predicted molar refractivity (Wildman–Crippen MR) is 164 cm³/mol. The molecule has 0 aliphatic rings. The number of rotatable bonds is 9. The second-order valence-electron chi connectivity index (χ2n) is 9.75. The largest absolute Gasteiger partial charge is 0.480 e. The van der Waals surface area contributed by atoms with Crippen molar-refractivity contribution in [2.24, 2.45) is 0 Å². The van der Waals surface area contributed by atoms with Crippen LogP contribution in [0.4, 0.5) is 5.82 Å². The van der Waals surface area contributed by atoms with Crippen LogP contribution in [0.5, 0.6) is 11.6 Å². The molecule has 0 saturated carbocycles. The number of carboxylic acid groups (broad SMARTS) is 2. The van der Waals surface area contributed by atoms with E-state index >= 15 is 0 Å². The number of anilines is 1. The first-order chi connectivity index (χ1) is 20.8. The van der Waals surface area contributed by atoms with Gasteiger partial charge in [-0.1, -0.05) is 54.1 Å². The molecule has 9 nitrogen and oxygen atoms in total. The van der Waals surface area contributed by atoms with E-state index in [4.69, 9.17) is 16.3 Å². The van der Waals surface area contributed by atoms with Crippen LogP contribution in [-0.4, -0.2) is 43.1 Å². The Morgan fingerprint density at radius 3 is 2.40 bits per heavy atom. The van der Waals surface area contributed by atoms with Crippen molar-refractivity contribution in [2.45, 2.75) is 12.5 Å². The zero-order valence-corrected chi connectivity index (χ0v) is 23.2. The van der Waals surface area contributed by atoms with Crippen LogP contribution in [0.15, 0.2) is 103 Å². The van der Waals surface area contributed by atoms with E-state index in [1.807, 2.05) is 42.5 Å². The lowest BCUT2D eigenvalue weighted by molar-refractivity contribution is -0.137. The summed E-state index contributed by atoms with van der Waals surface area (Å²) in [5.74, 6) is -1.50. The van der Waals surface area contributed by atoms with E-state index < -0.39 is 18.0 Å². The monoisotopic (exact) mass is 590 g/mol. The van der Waals surface area contributed by atoms with Crippen LogP contribution in [0.25, 0.3) is 33.1 Å². The summed E-state index contributed by atoms with van der Waals surface area (Å²) in [5.41, 5.74) is 3.60. The lowest BCUT2D eigenvalue weighted by Crippen LogP contribution is -2.32. The number of aliphatic carboxylic acids is 1. The van der Waals surface area contributed by atoms with Crippen molar-refractivity contribution in [3.8, 4) is 22.9 Å². The first-order valence-corrected chi connectivity index (χ1v) is 13.6. The van der Waals surface area contributed by atoms with Gasteiger partial charge in [0.05, 0.1) is 16.7 Å². The molecule has 6 rings (SSSR count).